The van der Waals surface area contributed by atoms with Crippen molar-refractivity contribution in [2.24, 2.45) is 10.2 Å². The van der Waals surface area contributed by atoms with Crippen LogP contribution in [0.15, 0.2) is 82.3 Å². The Morgan fingerprint density at radius 3 is 2.48 bits per heavy atom. The molecule has 0 saturated carbocycles. The van der Waals surface area contributed by atoms with Crippen molar-refractivity contribution in [3.63, 3.8) is 0 Å². The molecule has 140 valence electrons. The minimum atomic E-state index is 0.512. The number of allylic oxidation sites excluding steroid dienone is 1. The maximum atomic E-state index is 9.73. The second kappa shape index (κ2) is 8.74. The molecule has 2 heterocycles. The van der Waals surface area contributed by atoms with E-state index in [2.05, 4.69) is 16.3 Å². The smallest absolute Gasteiger partial charge is 0.168 e. The number of aryl methyl sites for hydroxylation is 1. The summed E-state index contributed by atoms with van der Waals surface area (Å²) in [5, 5.41) is 21.8. The monoisotopic (exact) mass is 412 g/mol. The van der Waals surface area contributed by atoms with E-state index in [1.807, 2.05) is 85.1 Å². The van der Waals surface area contributed by atoms with Gasteiger partial charge in [-0.15, -0.1) is 21.6 Å². The average molecular weight is 413 g/mol. The Hall–Kier alpha value is -3.40. The van der Waals surface area contributed by atoms with Crippen LogP contribution in [0.5, 0.6) is 0 Å². The Morgan fingerprint density at radius 2 is 1.79 bits per heavy atom. The summed E-state index contributed by atoms with van der Waals surface area (Å²) in [6, 6.07) is 23.9. The van der Waals surface area contributed by atoms with Crippen LogP contribution in [0.3, 0.4) is 0 Å². The van der Waals surface area contributed by atoms with Crippen LogP contribution in [0.4, 0.5) is 10.7 Å². The molecule has 29 heavy (non-hydrogen) atoms. The molecule has 0 unspecified atom stereocenters. The SMILES string of the molecule is Cc1ccc(/C=C(\C#N)c2nc(-c3cccs3)c(N=Nc3ccccc3)s2)cc1. The first kappa shape index (κ1) is 18.9. The zero-order valence-corrected chi connectivity index (χ0v) is 17.2. The Kier molecular flexibility index (Phi) is 5.71. The number of nitrogens with zero attached hydrogens (tertiary/aromatic N) is 4. The number of hydrogen-bond donors (Lipinski definition) is 0. The van der Waals surface area contributed by atoms with Crippen molar-refractivity contribution >= 4 is 45.0 Å². The predicted octanol–water partition coefficient (Wildman–Crippen LogP) is 7.66. The number of hydrogen-bond acceptors (Lipinski definition) is 6. The van der Waals surface area contributed by atoms with Crippen LogP contribution in [0.2, 0.25) is 0 Å². The summed E-state index contributed by atoms with van der Waals surface area (Å²) in [6.07, 6.45) is 1.86. The number of nitriles is 1. The summed E-state index contributed by atoms with van der Waals surface area (Å²) in [5.74, 6) is 0. The summed E-state index contributed by atoms with van der Waals surface area (Å²) in [6.45, 7) is 2.04. The fraction of sp³-hybridized carbons (Fsp3) is 0.0435. The molecule has 0 aliphatic heterocycles. The Balaban J connectivity index is 1.75. The molecule has 0 aliphatic rings. The van der Waals surface area contributed by atoms with Gasteiger partial charge >= 0.3 is 0 Å². The van der Waals surface area contributed by atoms with Gasteiger partial charge in [-0.1, -0.05) is 65.4 Å². The molecule has 6 heteroatoms. The minimum absolute atomic E-state index is 0.512. The van der Waals surface area contributed by atoms with Gasteiger partial charge in [-0.25, -0.2) is 4.98 Å². The molecular formula is C23H16N4S2. The molecule has 2 aromatic carbocycles. The zero-order chi connectivity index (χ0) is 20.1. The molecule has 0 amide bonds. The maximum absolute atomic E-state index is 9.73. The summed E-state index contributed by atoms with van der Waals surface area (Å²) < 4.78 is 0. The lowest BCUT2D eigenvalue weighted by Gasteiger charge is -1.96. The molecule has 0 fully saturated rings. The highest BCUT2D eigenvalue weighted by atomic mass is 32.1. The van der Waals surface area contributed by atoms with Crippen molar-refractivity contribution < 1.29 is 0 Å². The van der Waals surface area contributed by atoms with Gasteiger partial charge in [0.1, 0.15) is 16.8 Å². The van der Waals surface area contributed by atoms with Crippen molar-refractivity contribution in [3.8, 4) is 16.6 Å². The molecular weight excluding hydrogens is 396 g/mol. The Labute approximate surface area is 177 Å². The van der Waals surface area contributed by atoms with E-state index in [1.165, 1.54) is 16.9 Å². The molecule has 0 atom stereocenters. The van der Waals surface area contributed by atoms with Gasteiger partial charge in [0.25, 0.3) is 0 Å². The number of thiazole rings is 1. The van der Waals surface area contributed by atoms with E-state index in [0.29, 0.717) is 15.6 Å². The van der Waals surface area contributed by atoms with Crippen LogP contribution in [0.25, 0.3) is 22.2 Å². The van der Waals surface area contributed by atoms with Gasteiger partial charge in [0.05, 0.1) is 16.1 Å². The zero-order valence-electron chi connectivity index (χ0n) is 15.6. The van der Waals surface area contributed by atoms with E-state index < -0.39 is 0 Å². The van der Waals surface area contributed by atoms with Crippen molar-refractivity contribution in [1.82, 2.24) is 4.98 Å². The van der Waals surface area contributed by atoms with Gasteiger partial charge < -0.3 is 0 Å². The third kappa shape index (κ3) is 4.54. The quantitative estimate of drug-likeness (QED) is 0.249. The van der Waals surface area contributed by atoms with Crippen molar-refractivity contribution in [1.29, 1.82) is 5.26 Å². The standard InChI is InChI=1S/C23H16N4S2/c1-16-9-11-17(12-10-16)14-18(15-24)22-25-21(20-8-5-13-28-20)23(29-22)27-26-19-6-3-2-4-7-19/h2-14H,1H3/b18-14+,27-26?. The highest BCUT2D eigenvalue weighted by Crippen LogP contribution is 2.40. The van der Waals surface area contributed by atoms with Crippen LogP contribution in [0, 0.1) is 18.3 Å². The number of aromatic nitrogens is 1. The van der Waals surface area contributed by atoms with Crippen molar-refractivity contribution in [3.05, 3.63) is 88.2 Å². The summed E-state index contributed by atoms with van der Waals surface area (Å²) >= 11 is 2.97. The van der Waals surface area contributed by atoms with Gasteiger partial charge in [-0.3, -0.25) is 0 Å². The van der Waals surface area contributed by atoms with E-state index in [4.69, 9.17) is 4.98 Å². The molecule has 0 aliphatic carbocycles. The van der Waals surface area contributed by atoms with Crippen LogP contribution < -0.4 is 0 Å². The van der Waals surface area contributed by atoms with E-state index in [9.17, 15) is 5.26 Å². The summed E-state index contributed by atoms with van der Waals surface area (Å²) in [4.78, 5) is 5.74. The van der Waals surface area contributed by atoms with Gasteiger partial charge in [0.2, 0.25) is 0 Å². The first-order valence-corrected chi connectivity index (χ1v) is 10.6. The third-order valence-corrected chi connectivity index (χ3v) is 5.97. The number of thiophene rings is 1. The fourth-order valence-corrected chi connectivity index (χ4v) is 4.29. The van der Waals surface area contributed by atoms with Gasteiger partial charge in [0.15, 0.2) is 5.00 Å². The highest BCUT2D eigenvalue weighted by molar-refractivity contribution is 7.18. The van der Waals surface area contributed by atoms with E-state index in [1.54, 1.807) is 11.3 Å². The predicted molar refractivity (Wildman–Crippen MR) is 121 cm³/mol. The molecule has 0 radical (unpaired) electrons. The van der Waals surface area contributed by atoms with Gasteiger partial charge in [-0.05, 0) is 42.1 Å². The lowest BCUT2D eigenvalue weighted by atomic mass is 10.1. The van der Waals surface area contributed by atoms with E-state index >= 15 is 0 Å². The summed E-state index contributed by atoms with van der Waals surface area (Å²) in [7, 11) is 0. The molecule has 4 rings (SSSR count). The Morgan fingerprint density at radius 1 is 1.00 bits per heavy atom. The van der Waals surface area contributed by atoms with E-state index in [0.717, 1.165) is 21.8 Å². The molecule has 0 saturated heterocycles. The molecule has 4 aromatic rings. The molecule has 0 spiro atoms. The van der Waals surface area contributed by atoms with Crippen LogP contribution in [-0.4, -0.2) is 4.98 Å². The molecule has 0 bridgehead atoms. The largest absolute Gasteiger partial charge is 0.232 e. The van der Waals surface area contributed by atoms with Gasteiger partial charge in [0, 0.05) is 0 Å². The molecule has 2 aromatic heterocycles. The first-order valence-electron chi connectivity index (χ1n) is 8.93. The number of benzene rings is 2. The number of rotatable bonds is 5. The Bertz CT molecular complexity index is 1200. The average Bonchev–Trinajstić information content (AvgIpc) is 3.42. The topological polar surface area (TPSA) is 61.4 Å². The van der Waals surface area contributed by atoms with Crippen molar-refractivity contribution in [2.45, 2.75) is 6.92 Å². The normalized spacial score (nSPS) is 11.7. The fourth-order valence-electron chi connectivity index (χ4n) is 2.64. The van der Waals surface area contributed by atoms with Crippen molar-refractivity contribution in [2.75, 3.05) is 0 Å². The maximum Gasteiger partial charge on any atom is 0.168 e. The lowest BCUT2D eigenvalue weighted by Crippen LogP contribution is -1.82. The molecule has 0 N–H and O–H groups in total. The second-order valence-corrected chi connectivity index (χ2v) is 8.19. The van der Waals surface area contributed by atoms with Crippen LogP contribution in [0.1, 0.15) is 16.1 Å². The van der Waals surface area contributed by atoms with Crippen LogP contribution in [-0.2, 0) is 0 Å². The van der Waals surface area contributed by atoms with Gasteiger partial charge in [-0.2, -0.15) is 5.26 Å². The minimum Gasteiger partial charge on any atom is -0.232 e. The second-order valence-electron chi connectivity index (χ2n) is 6.27. The van der Waals surface area contributed by atoms with Crippen LogP contribution >= 0.6 is 22.7 Å². The highest BCUT2D eigenvalue weighted by Gasteiger charge is 2.17. The van der Waals surface area contributed by atoms with E-state index in [-0.39, 0.29) is 0 Å². The first-order chi connectivity index (χ1) is 14.2. The lowest BCUT2D eigenvalue weighted by molar-refractivity contribution is 1.24. The molecule has 4 nitrogen and oxygen atoms in total. The summed E-state index contributed by atoms with van der Waals surface area (Å²) in [5.41, 5.74) is 4.18. The number of azo groups is 1. The third-order valence-electron chi connectivity index (χ3n) is 4.12.